The van der Waals surface area contributed by atoms with E-state index in [9.17, 15) is 4.79 Å². The van der Waals surface area contributed by atoms with Gasteiger partial charge < -0.3 is 19.4 Å². The Balaban J connectivity index is 1.95. The molecule has 0 aliphatic carbocycles. The number of rotatable bonds is 6. The largest absolute Gasteiger partial charge is 0.455 e. The standard InChI is InChI=1S/C14H19N3O3S/c1-14(2,9-18)16-12(19)11-5-4-10(20-11)8-21-13-15-6-7-17(13)3/h4-7,18H,8-9H2,1-3H3,(H,16,19). The maximum absolute atomic E-state index is 12.0. The Kier molecular flexibility index (Phi) is 4.74. The Labute approximate surface area is 127 Å². The maximum Gasteiger partial charge on any atom is 0.287 e. The van der Waals surface area contributed by atoms with Crippen LogP contribution in [-0.2, 0) is 12.8 Å². The summed E-state index contributed by atoms with van der Waals surface area (Å²) in [5.41, 5.74) is -0.675. The topological polar surface area (TPSA) is 80.3 Å². The molecule has 0 atom stereocenters. The van der Waals surface area contributed by atoms with E-state index in [1.54, 1.807) is 32.2 Å². The van der Waals surface area contributed by atoms with E-state index in [0.717, 1.165) is 5.16 Å². The van der Waals surface area contributed by atoms with Gasteiger partial charge in [-0.3, -0.25) is 4.79 Å². The van der Waals surface area contributed by atoms with E-state index in [1.807, 2.05) is 17.8 Å². The molecule has 0 radical (unpaired) electrons. The summed E-state index contributed by atoms with van der Waals surface area (Å²) < 4.78 is 7.44. The van der Waals surface area contributed by atoms with Crippen LogP contribution in [0.2, 0.25) is 0 Å². The Bertz CT molecular complexity index is 619. The second-order valence-corrected chi connectivity index (χ2v) is 6.31. The van der Waals surface area contributed by atoms with E-state index >= 15 is 0 Å². The zero-order valence-corrected chi connectivity index (χ0v) is 13.1. The zero-order chi connectivity index (χ0) is 15.5. The molecule has 0 saturated heterocycles. The van der Waals surface area contributed by atoms with Gasteiger partial charge in [-0.25, -0.2) is 4.98 Å². The highest BCUT2D eigenvalue weighted by Crippen LogP contribution is 2.22. The lowest BCUT2D eigenvalue weighted by Crippen LogP contribution is -2.46. The predicted octanol–water partition coefficient (Wildman–Crippen LogP) is 1.81. The van der Waals surface area contributed by atoms with E-state index in [-0.39, 0.29) is 18.3 Å². The van der Waals surface area contributed by atoms with Gasteiger partial charge in [0.05, 0.1) is 17.9 Å². The summed E-state index contributed by atoms with van der Waals surface area (Å²) in [6.07, 6.45) is 3.61. The molecule has 114 valence electrons. The van der Waals surface area contributed by atoms with Gasteiger partial charge in [-0.2, -0.15) is 0 Å². The van der Waals surface area contributed by atoms with Crippen molar-refractivity contribution in [1.29, 1.82) is 0 Å². The highest BCUT2D eigenvalue weighted by atomic mass is 32.2. The van der Waals surface area contributed by atoms with Crippen molar-refractivity contribution in [1.82, 2.24) is 14.9 Å². The van der Waals surface area contributed by atoms with Gasteiger partial charge in [0.15, 0.2) is 10.9 Å². The van der Waals surface area contributed by atoms with Crippen molar-refractivity contribution in [3.63, 3.8) is 0 Å². The molecule has 2 aromatic heterocycles. The van der Waals surface area contributed by atoms with Gasteiger partial charge in [-0.1, -0.05) is 11.8 Å². The monoisotopic (exact) mass is 309 g/mol. The Morgan fingerprint density at radius 3 is 2.90 bits per heavy atom. The van der Waals surface area contributed by atoms with E-state index in [0.29, 0.717) is 11.5 Å². The fourth-order valence-electron chi connectivity index (χ4n) is 1.61. The van der Waals surface area contributed by atoms with Crippen LogP contribution in [0.5, 0.6) is 0 Å². The first-order chi connectivity index (χ1) is 9.91. The molecule has 7 heteroatoms. The molecule has 0 unspecified atom stereocenters. The number of amides is 1. The van der Waals surface area contributed by atoms with Crippen LogP contribution in [0, 0.1) is 0 Å². The minimum Gasteiger partial charge on any atom is -0.455 e. The summed E-state index contributed by atoms with van der Waals surface area (Å²) in [5.74, 6) is 1.21. The van der Waals surface area contributed by atoms with Crippen LogP contribution >= 0.6 is 11.8 Å². The molecule has 0 saturated carbocycles. The number of carbonyl (C=O) groups is 1. The molecule has 2 N–H and O–H groups in total. The molecule has 0 aliphatic heterocycles. The van der Waals surface area contributed by atoms with Crippen LogP contribution in [-0.4, -0.2) is 32.7 Å². The van der Waals surface area contributed by atoms with E-state index in [4.69, 9.17) is 9.52 Å². The number of aromatic nitrogens is 2. The molecule has 1 amide bonds. The van der Waals surface area contributed by atoms with Crippen molar-refractivity contribution in [3.8, 4) is 0 Å². The number of imidazole rings is 1. The third-order valence-corrected chi connectivity index (χ3v) is 3.93. The minimum absolute atomic E-state index is 0.138. The SMILES string of the molecule is Cn1ccnc1SCc1ccc(C(=O)NC(C)(C)CO)o1. The van der Waals surface area contributed by atoms with Crippen LogP contribution in [0.1, 0.15) is 30.2 Å². The van der Waals surface area contributed by atoms with Crippen LogP contribution in [0.4, 0.5) is 0 Å². The Hall–Kier alpha value is -1.73. The fraction of sp³-hybridized carbons (Fsp3) is 0.429. The number of aryl methyl sites for hydroxylation is 1. The average Bonchev–Trinajstić information content (AvgIpc) is 3.05. The van der Waals surface area contributed by atoms with E-state index < -0.39 is 5.54 Å². The number of nitrogens with zero attached hydrogens (tertiary/aromatic N) is 2. The number of aliphatic hydroxyl groups excluding tert-OH is 1. The smallest absolute Gasteiger partial charge is 0.287 e. The minimum atomic E-state index is -0.675. The van der Waals surface area contributed by atoms with Gasteiger partial charge in [-0.15, -0.1) is 0 Å². The maximum atomic E-state index is 12.0. The van der Waals surface area contributed by atoms with E-state index in [2.05, 4.69) is 10.3 Å². The summed E-state index contributed by atoms with van der Waals surface area (Å²) in [5, 5.41) is 12.7. The molecule has 2 aromatic rings. The molecule has 0 spiro atoms. The number of carbonyl (C=O) groups excluding carboxylic acids is 1. The van der Waals surface area contributed by atoms with Gasteiger partial charge >= 0.3 is 0 Å². The lowest BCUT2D eigenvalue weighted by Gasteiger charge is -2.22. The van der Waals surface area contributed by atoms with Gasteiger partial charge in [-0.05, 0) is 26.0 Å². The lowest BCUT2D eigenvalue weighted by molar-refractivity contribution is 0.0840. The fourth-order valence-corrected chi connectivity index (χ4v) is 2.44. The molecule has 0 aliphatic rings. The number of hydrogen-bond donors (Lipinski definition) is 2. The highest BCUT2D eigenvalue weighted by Gasteiger charge is 2.22. The quantitative estimate of drug-likeness (QED) is 0.795. The van der Waals surface area contributed by atoms with Crippen LogP contribution < -0.4 is 5.32 Å². The van der Waals surface area contributed by atoms with Crippen LogP contribution in [0.25, 0.3) is 0 Å². The summed E-state index contributed by atoms with van der Waals surface area (Å²) in [4.78, 5) is 16.2. The highest BCUT2D eigenvalue weighted by molar-refractivity contribution is 7.98. The van der Waals surface area contributed by atoms with Crippen molar-refractivity contribution >= 4 is 17.7 Å². The number of nitrogens with one attached hydrogen (secondary N) is 1. The molecule has 21 heavy (non-hydrogen) atoms. The molecule has 0 aromatic carbocycles. The van der Waals surface area contributed by atoms with Crippen molar-refractivity contribution in [2.45, 2.75) is 30.3 Å². The van der Waals surface area contributed by atoms with Gasteiger partial charge in [0.25, 0.3) is 5.91 Å². The van der Waals surface area contributed by atoms with Crippen molar-refractivity contribution < 1.29 is 14.3 Å². The van der Waals surface area contributed by atoms with Crippen molar-refractivity contribution in [2.75, 3.05) is 6.61 Å². The van der Waals surface area contributed by atoms with Gasteiger partial charge in [0.1, 0.15) is 5.76 Å². The van der Waals surface area contributed by atoms with Crippen LogP contribution in [0.3, 0.4) is 0 Å². The third-order valence-electron chi connectivity index (χ3n) is 2.85. The average molecular weight is 309 g/mol. The van der Waals surface area contributed by atoms with E-state index in [1.165, 1.54) is 11.8 Å². The number of hydrogen-bond acceptors (Lipinski definition) is 5. The Morgan fingerprint density at radius 1 is 1.52 bits per heavy atom. The molecule has 2 rings (SSSR count). The zero-order valence-electron chi connectivity index (χ0n) is 12.3. The summed E-state index contributed by atoms with van der Waals surface area (Å²) in [7, 11) is 1.92. The second kappa shape index (κ2) is 6.36. The first-order valence-electron chi connectivity index (χ1n) is 6.53. The molecule has 2 heterocycles. The number of thioether (sulfide) groups is 1. The first kappa shape index (κ1) is 15.7. The Morgan fingerprint density at radius 2 is 2.29 bits per heavy atom. The molecule has 6 nitrogen and oxygen atoms in total. The second-order valence-electron chi connectivity index (χ2n) is 5.37. The first-order valence-corrected chi connectivity index (χ1v) is 7.52. The molecule has 0 fully saturated rings. The summed E-state index contributed by atoms with van der Waals surface area (Å²) in [6.45, 7) is 3.35. The predicted molar refractivity (Wildman–Crippen MR) is 80.1 cm³/mol. The lowest BCUT2D eigenvalue weighted by atomic mass is 10.1. The van der Waals surface area contributed by atoms with Crippen LogP contribution in [0.15, 0.2) is 34.1 Å². The summed E-state index contributed by atoms with van der Waals surface area (Å²) >= 11 is 1.54. The number of furan rings is 1. The molecular weight excluding hydrogens is 290 g/mol. The van der Waals surface area contributed by atoms with Gasteiger partial charge in [0.2, 0.25) is 0 Å². The van der Waals surface area contributed by atoms with Gasteiger partial charge in [0, 0.05) is 19.4 Å². The normalized spacial score (nSPS) is 11.6. The summed E-state index contributed by atoms with van der Waals surface area (Å²) in [6, 6.07) is 3.41. The number of aliphatic hydroxyl groups is 1. The molecular formula is C14H19N3O3S. The van der Waals surface area contributed by atoms with Crippen molar-refractivity contribution in [3.05, 3.63) is 36.0 Å². The van der Waals surface area contributed by atoms with Crippen molar-refractivity contribution in [2.24, 2.45) is 7.05 Å². The molecule has 0 bridgehead atoms. The third kappa shape index (κ3) is 4.12.